The molecule has 4 rings (SSSR count). The second-order valence-electron chi connectivity index (χ2n) is 8.16. The third-order valence-corrected chi connectivity index (χ3v) is 6.11. The summed E-state index contributed by atoms with van der Waals surface area (Å²) in [5.74, 6) is 6.76. The number of ether oxygens (including phenoxy) is 2. The Balaban J connectivity index is 1.64. The molecule has 0 spiro atoms. The molecule has 0 radical (unpaired) electrons. The van der Waals surface area contributed by atoms with E-state index in [0.717, 1.165) is 37.1 Å². The maximum absolute atomic E-state index is 15.2. The van der Waals surface area contributed by atoms with Crippen molar-refractivity contribution in [2.75, 3.05) is 49.9 Å². The minimum absolute atomic E-state index is 0.0367. The van der Waals surface area contributed by atoms with Gasteiger partial charge in [0.15, 0.2) is 11.6 Å². The lowest BCUT2D eigenvalue weighted by Gasteiger charge is -2.38. The molecule has 156 valence electrons. The number of fused-ring (bicyclic) bond motifs is 1. The van der Waals surface area contributed by atoms with Crippen LogP contribution in [0, 0.1) is 11.7 Å². The number of hydrazine groups is 1. The smallest absolute Gasteiger partial charge is 0.168 e. The Morgan fingerprint density at radius 2 is 2.07 bits per heavy atom. The summed E-state index contributed by atoms with van der Waals surface area (Å²) in [5.41, 5.74) is 8.76. The Bertz CT molecular complexity index is 714. The summed E-state index contributed by atoms with van der Waals surface area (Å²) < 4.78 is 26.5. The topological polar surface area (TPSA) is 80.2 Å². The molecule has 1 saturated heterocycles. The zero-order valence-electron chi connectivity index (χ0n) is 16.9. The summed E-state index contributed by atoms with van der Waals surface area (Å²) >= 11 is 0. The van der Waals surface area contributed by atoms with Crippen molar-refractivity contribution in [3.8, 4) is 5.75 Å². The van der Waals surface area contributed by atoms with Crippen LogP contribution >= 0.6 is 0 Å². The molecule has 1 saturated carbocycles. The Morgan fingerprint density at radius 3 is 2.75 bits per heavy atom. The lowest BCUT2D eigenvalue weighted by atomic mass is 10.0. The molecule has 1 aromatic rings. The predicted molar refractivity (Wildman–Crippen MR) is 108 cm³/mol. The van der Waals surface area contributed by atoms with Gasteiger partial charge in [-0.2, -0.15) is 0 Å². The summed E-state index contributed by atoms with van der Waals surface area (Å²) in [6, 6.07) is 2.06. The summed E-state index contributed by atoms with van der Waals surface area (Å²) in [4.78, 5) is 4.36. The van der Waals surface area contributed by atoms with E-state index in [4.69, 9.17) is 21.1 Å². The van der Waals surface area contributed by atoms with E-state index in [1.807, 2.05) is 6.92 Å². The Kier molecular flexibility index (Phi) is 5.64. The molecule has 3 aliphatic rings. The van der Waals surface area contributed by atoms with E-state index in [1.165, 1.54) is 0 Å². The van der Waals surface area contributed by atoms with Crippen molar-refractivity contribution in [1.82, 2.24) is 5.01 Å². The Hall–Kier alpha value is -1.61. The maximum Gasteiger partial charge on any atom is 0.168 e. The van der Waals surface area contributed by atoms with E-state index in [-0.39, 0.29) is 17.8 Å². The molecule has 28 heavy (non-hydrogen) atoms. The number of anilines is 2. The van der Waals surface area contributed by atoms with Gasteiger partial charge in [-0.15, -0.1) is 0 Å². The second kappa shape index (κ2) is 8.02. The quantitative estimate of drug-likeness (QED) is 0.682. The van der Waals surface area contributed by atoms with Crippen LogP contribution in [0.4, 0.5) is 15.8 Å². The zero-order valence-corrected chi connectivity index (χ0v) is 16.9. The van der Waals surface area contributed by atoms with E-state index >= 15 is 4.39 Å². The van der Waals surface area contributed by atoms with Crippen LogP contribution in [-0.4, -0.2) is 57.2 Å². The van der Waals surface area contributed by atoms with Gasteiger partial charge < -0.3 is 25.0 Å². The fourth-order valence-corrected chi connectivity index (χ4v) is 4.53. The molecule has 0 amide bonds. The molecule has 8 heteroatoms. The largest absolute Gasteiger partial charge is 0.492 e. The van der Waals surface area contributed by atoms with Crippen LogP contribution in [0.25, 0.3) is 0 Å². The van der Waals surface area contributed by atoms with Crippen molar-refractivity contribution in [2.45, 2.75) is 44.8 Å². The summed E-state index contributed by atoms with van der Waals surface area (Å²) in [7, 11) is 1.63. The number of nitrogens with zero attached hydrogens (tertiary/aromatic N) is 3. The standard InChI is InChI=1S/C20H32FN5O2/c1-3-28-11-17(22)13-6-7-24(9-13)19-16(21)8-14-10-25(23)12-26(15-4-5-15)18(14)20(19)27-2/h8,13,15,17H,3-7,9-12,22-23H2,1-2H3/t13-,17-/m1/s1. The third-order valence-electron chi connectivity index (χ3n) is 6.11. The fourth-order valence-electron chi connectivity index (χ4n) is 4.53. The van der Waals surface area contributed by atoms with Crippen LogP contribution in [0.5, 0.6) is 5.75 Å². The minimum atomic E-state index is -0.249. The number of benzene rings is 1. The SMILES string of the molecule is CCOC[C@@H](N)[C@@H]1CCN(c2c(F)cc3c(c2OC)N(C2CC2)CN(N)C3)C1. The highest BCUT2D eigenvalue weighted by molar-refractivity contribution is 5.78. The van der Waals surface area contributed by atoms with Gasteiger partial charge in [-0.1, -0.05) is 0 Å². The van der Waals surface area contributed by atoms with Gasteiger partial charge in [-0.25, -0.2) is 9.40 Å². The van der Waals surface area contributed by atoms with Crippen molar-refractivity contribution in [2.24, 2.45) is 17.5 Å². The van der Waals surface area contributed by atoms with Crippen LogP contribution in [0.2, 0.25) is 0 Å². The molecule has 1 aliphatic carbocycles. The van der Waals surface area contributed by atoms with E-state index in [0.29, 0.717) is 50.5 Å². The molecule has 2 aliphatic heterocycles. The van der Waals surface area contributed by atoms with E-state index in [1.54, 1.807) is 18.2 Å². The zero-order chi connectivity index (χ0) is 19.8. The van der Waals surface area contributed by atoms with Crippen LogP contribution < -0.4 is 26.1 Å². The third kappa shape index (κ3) is 3.66. The van der Waals surface area contributed by atoms with Crippen LogP contribution in [0.3, 0.4) is 0 Å². The van der Waals surface area contributed by atoms with Gasteiger partial charge in [0.1, 0.15) is 5.69 Å². The number of nitrogens with two attached hydrogens (primary N) is 2. The summed E-state index contributed by atoms with van der Waals surface area (Å²) in [5, 5.41) is 1.73. The van der Waals surface area contributed by atoms with Gasteiger partial charge in [0.2, 0.25) is 0 Å². The Labute approximate surface area is 166 Å². The lowest BCUT2D eigenvalue weighted by Crippen LogP contribution is -2.47. The first-order valence-corrected chi connectivity index (χ1v) is 10.3. The van der Waals surface area contributed by atoms with Gasteiger partial charge in [-0.05, 0) is 43.7 Å². The van der Waals surface area contributed by atoms with Crippen molar-refractivity contribution >= 4 is 11.4 Å². The molecular formula is C20H32FN5O2. The molecule has 1 aromatic carbocycles. The number of halogens is 1. The second-order valence-corrected chi connectivity index (χ2v) is 8.16. The van der Waals surface area contributed by atoms with Crippen LogP contribution in [0.1, 0.15) is 31.7 Å². The average molecular weight is 394 g/mol. The molecule has 2 heterocycles. The number of hydrogen-bond donors (Lipinski definition) is 2. The highest BCUT2D eigenvalue weighted by Gasteiger charge is 2.39. The van der Waals surface area contributed by atoms with Crippen molar-refractivity contribution in [3.63, 3.8) is 0 Å². The maximum atomic E-state index is 15.2. The van der Waals surface area contributed by atoms with E-state index in [2.05, 4.69) is 9.80 Å². The highest BCUT2D eigenvalue weighted by atomic mass is 19.1. The van der Waals surface area contributed by atoms with Gasteiger partial charge in [-0.3, -0.25) is 5.84 Å². The summed E-state index contributed by atoms with van der Waals surface area (Å²) in [6.45, 7) is 5.81. The first-order valence-electron chi connectivity index (χ1n) is 10.3. The summed E-state index contributed by atoms with van der Waals surface area (Å²) in [6.07, 6.45) is 3.21. The van der Waals surface area contributed by atoms with Crippen LogP contribution in [0.15, 0.2) is 6.07 Å². The molecular weight excluding hydrogens is 361 g/mol. The fraction of sp³-hybridized carbons (Fsp3) is 0.700. The predicted octanol–water partition coefficient (Wildman–Crippen LogP) is 1.64. The molecule has 0 bridgehead atoms. The molecule has 4 N–H and O–H groups in total. The van der Waals surface area contributed by atoms with Crippen molar-refractivity contribution < 1.29 is 13.9 Å². The van der Waals surface area contributed by atoms with Gasteiger partial charge in [0.25, 0.3) is 0 Å². The van der Waals surface area contributed by atoms with Crippen molar-refractivity contribution in [3.05, 3.63) is 17.4 Å². The molecule has 0 unspecified atom stereocenters. The molecule has 2 fully saturated rings. The minimum Gasteiger partial charge on any atom is -0.492 e. The molecule has 0 aromatic heterocycles. The number of methoxy groups -OCH3 is 1. The molecule has 2 atom stereocenters. The highest BCUT2D eigenvalue weighted by Crippen LogP contribution is 2.48. The number of rotatable bonds is 7. The van der Waals surface area contributed by atoms with E-state index < -0.39 is 0 Å². The van der Waals surface area contributed by atoms with Gasteiger partial charge >= 0.3 is 0 Å². The first-order chi connectivity index (χ1) is 13.5. The lowest BCUT2D eigenvalue weighted by molar-refractivity contribution is 0.119. The average Bonchev–Trinajstić information content (AvgIpc) is 3.41. The Morgan fingerprint density at radius 1 is 1.29 bits per heavy atom. The number of hydrogen-bond acceptors (Lipinski definition) is 7. The van der Waals surface area contributed by atoms with Gasteiger partial charge in [0.05, 0.1) is 26.1 Å². The normalized spacial score (nSPS) is 23.8. The first kappa shape index (κ1) is 19.7. The monoisotopic (exact) mass is 393 g/mol. The van der Waals surface area contributed by atoms with Crippen molar-refractivity contribution in [1.29, 1.82) is 0 Å². The van der Waals surface area contributed by atoms with Crippen LogP contribution in [-0.2, 0) is 11.3 Å². The van der Waals surface area contributed by atoms with E-state index in [9.17, 15) is 0 Å². The molecule has 7 nitrogen and oxygen atoms in total. The van der Waals surface area contributed by atoms with Gasteiger partial charge in [0, 0.05) is 38.3 Å².